The van der Waals surface area contributed by atoms with Gasteiger partial charge < -0.3 is 15.8 Å². The number of nitrogen functional groups attached to an aromatic ring is 1. The molecule has 2 rings (SSSR count). The number of nitrogens with one attached hydrogen (secondary N) is 2. The van der Waals surface area contributed by atoms with Crippen LogP contribution in [0, 0.1) is 5.41 Å². The smallest absolute Gasteiger partial charge is 0.148 e. The minimum absolute atomic E-state index is 0.00446. The Morgan fingerprint density at radius 2 is 1.95 bits per heavy atom. The Morgan fingerprint density at radius 3 is 2.50 bits per heavy atom. The molecule has 0 aromatic carbocycles. The SMILES string of the molecule is CC(C)c1c(NN)ncnc1NCC1(CO)CCCC1. The van der Waals surface area contributed by atoms with Crippen LogP contribution in [0.25, 0.3) is 0 Å². The highest BCUT2D eigenvalue weighted by Gasteiger charge is 2.33. The van der Waals surface area contributed by atoms with Crippen LogP contribution in [-0.4, -0.2) is 28.2 Å². The second kappa shape index (κ2) is 6.37. The first-order valence-corrected chi connectivity index (χ1v) is 7.28. The zero-order chi connectivity index (χ0) is 14.6. The van der Waals surface area contributed by atoms with E-state index in [0.29, 0.717) is 5.82 Å². The van der Waals surface area contributed by atoms with Crippen LogP contribution in [0.1, 0.15) is 51.0 Å². The van der Waals surface area contributed by atoms with Crippen molar-refractivity contribution in [2.45, 2.75) is 45.4 Å². The van der Waals surface area contributed by atoms with Gasteiger partial charge in [-0.15, -0.1) is 0 Å². The Labute approximate surface area is 120 Å². The van der Waals surface area contributed by atoms with Gasteiger partial charge in [-0.2, -0.15) is 0 Å². The topological polar surface area (TPSA) is 96.1 Å². The summed E-state index contributed by atoms with van der Waals surface area (Å²) in [6.45, 7) is 5.14. The number of anilines is 2. The van der Waals surface area contributed by atoms with E-state index >= 15 is 0 Å². The Hall–Kier alpha value is -1.40. The molecule has 0 spiro atoms. The van der Waals surface area contributed by atoms with Crippen LogP contribution < -0.4 is 16.6 Å². The normalized spacial score (nSPS) is 17.4. The summed E-state index contributed by atoms with van der Waals surface area (Å²) >= 11 is 0. The van der Waals surface area contributed by atoms with Crippen molar-refractivity contribution in [3.05, 3.63) is 11.9 Å². The number of aliphatic hydroxyl groups excluding tert-OH is 1. The summed E-state index contributed by atoms with van der Waals surface area (Å²) in [6, 6.07) is 0. The molecule has 5 N–H and O–H groups in total. The van der Waals surface area contributed by atoms with Crippen molar-refractivity contribution in [3.63, 3.8) is 0 Å². The highest BCUT2D eigenvalue weighted by molar-refractivity contribution is 5.58. The predicted octanol–water partition coefficient (Wildman–Crippen LogP) is 1.85. The van der Waals surface area contributed by atoms with Crippen molar-refractivity contribution in [2.75, 3.05) is 23.9 Å². The van der Waals surface area contributed by atoms with E-state index in [1.165, 1.54) is 19.2 Å². The van der Waals surface area contributed by atoms with E-state index in [1.807, 2.05) is 0 Å². The van der Waals surface area contributed by atoms with Crippen LogP contribution in [0.2, 0.25) is 0 Å². The highest BCUT2D eigenvalue weighted by atomic mass is 16.3. The van der Waals surface area contributed by atoms with Gasteiger partial charge in [-0.1, -0.05) is 26.7 Å². The van der Waals surface area contributed by atoms with Gasteiger partial charge in [0.15, 0.2) is 0 Å². The maximum atomic E-state index is 9.67. The van der Waals surface area contributed by atoms with Crippen molar-refractivity contribution in [2.24, 2.45) is 11.3 Å². The molecular formula is C14H25N5O. The number of rotatable bonds is 6. The molecule has 1 fully saturated rings. The molecule has 112 valence electrons. The summed E-state index contributed by atoms with van der Waals surface area (Å²) in [7, 11) is 0. The van der Waals surface area contributed by atoms with Gasteiger partial charge >= 0.3 is 0 Å². The average Bonchev–Trinajstić information content (AvgIpc) is 2.93. The lowest BCUT2D eigenvalue weighted by molar-refractivity contribution is 0.142. The monoisotopic (exact) mass is 279 g/mol. The zero-order valence-corrected chi connectivity index (χ0v) is 12.3. The third-order valence-electron chi connectivity index (χ3n) is 4.23. The van der Waals surface area contributed by atoms with E-state index in [4.69, 9.17) is 5.84 Å². The van der Waals surface area contributed by atoms with Crippen LogP contribution in [-0.2, 0) is 0 Å². The van der Waals surface area contributed by atoms with Gasteiger partial charge in [0.05, 0.1) is 6.61 Å². The van der Waals surface area contributed by atoms with Crippen LogP contribution in [0.4, 0.5) is 11.6 Å². The summed E-state index contributed by atoms with van der Waals surface area (Å²) in [5.74, 6) is 7.24. The van der Waals surface area contributed by atoms with Crippen molar-refractivity contribution in [1.29, 1.82) is 0 Å². The summed E-state index contributed by atoms with van der Waals surface area (Å²) in [4.78, 5) is 8.50. The second-order valence-corrected chi connectivity index (χ2v) is 6.00. The number of aliphatic hydroxyl groups is 1. The van der Waals surface area contributed by atoms with Crippen LogP contribution >= 0.6 is 0 Å². The molecule has 0 atom stereocenters. The summed E-state index contributed by atoms with van der Waals surface area (Å²) in [5.41, 5.74) is 3.61. The maximum Gasteiger partial charge on any atom is 0.148 e. The molecule has 1 aromatic rings. The molecule has 0 radical (unpaired) electrons. The zero-order valence-electron chi connectivity index (χ0n) is 12.3. The summed E-state index contributed by atoms with van der Waals surface area (Å²) in [5, 5.41) is 13.1. The van der Waals surface area contributed by atoms with E-state index in [9.17, 15) is 5.11 Å². The predicted molar refractivity (Wildman–Crippen MR) is 80.4 cm³/mol. The third-order valence-corrected chi connectivity index (χ3v) is 4.23. The molecule has 0 unspecified atom stereocenters. The molecule has 1 aromatic heterocycles. The van der Waals surface area contributed by atoms with Gasteiger partial charge in [0.25, 0.3) is 0 Å². The molecule has 1 aliphatic rings. The number of nitrogens with zero attached hydrogens (tertiary/aromatic N) is 2. The molecule has 20 heavy (non-hydrogen) atoms. The lowest BCUT2D eigenvalue weighted by Crippen LogP contribution is -2.31. The minimum atomic E-state index is -0.00446. The number of hydrogen-bond donors (Lipinski definition) is 4. The van der Waals surface area contributed by atoms with Crippen molar-refractivity contribution in [1.82, 2.24) is 9.97 Å². The first kappa shape index (κ1) is 15.0. The lowest BCUT2D eigenvalue weighted by Gasteiger charge is -2.28. The summed E-state index contributed by atoms with van der Waals surface area (Å²) in [6.07, 6.45) is 6.03. The highest BCUT2D eigenvalue weighted by Crippen LogP contribution is 2.38. The van der Waals surface area contributed by atoms with Crippen LogP contribution in [0.3, 0.4) is 0 Å². The number of hydrogen-bond acceptors (Lipinski definition) is 6. The molecule has 1 aliphatic carbocycles. The maximum absolute atomic E-state index is 9.67. The molecule has 1 heterocycles. The Morgan fingerprint density at radius 1 is 1.30 bits per heavy atom. The Bertz CT molecular complexity index is 443. The van der Waals surface area contributed by atoms with Crippen molar-refractivity contribution < 1.29 is 5.11 Å². The fraction of sp³-hybridized carbons (Fsp3) is 0.714. The molecule has 0 amide bonds. The van der Waals surface area contributed by atoms with Gasteiger partial charge in [0.2, 0.25) is 0 Å². The molecule has 6 nitrogen and oxygen atoms in total. The van der Waals surface area contributed by atoms with Gasteiger partial charge in [-0.05, 0) is 18.8 Å². The number of hydrazine groups is 1. The Kier molecular flexibility index (Phi) is 4.77. The molecule has 0 bridgehead atoms. The fourth-order valence-electron chi connectivity index (χ4n) is 2.99. The molecule has 1 saturated carbocycles. The Balaban J connectivity index is 2.16. The fourth-order valence-corrected chi connectivity index (χ4v) is 2.99. The van der Waals surface area contributed by atoms with E-state index < -0.39 is 0 Å². The first-order valence-electron chi connectivity index (χ1n) is 7.28. The van der Waals surface area contributed by atoms with Crippen molar-refractivity contribution >= 4 is 11.6 Å². The summed E-state index contributed by atoms with van der Waals surface area (Å²) < 4.78 is 0. The van der Waals surface area contributed by atoms with E-state index in [0.717, 1.165) is 30.8 Å². The third kappa shape index (κ3) is 3.02. The quantitative estimate of drug-likeness (QED) is 0.469. The van der Waals surface area contributed by atoms with E-state index in [1.54, 1.807) is 0 Å². The largest absolute Gasteiger partial charge is 0.396 e. The molecular weight excluding hydrogens is 254 g/mol. The van der Waals surface area contributed by atoms with Gasteiger partial charge in [0, 0.05) is 17.5 Å². The van der Waals surface area contributed by atoms with E-state index in [2.05, 4.69) is 34.6 Å². The van der Waals surface area contributed by atoms with Crippen molar-refractivity contribution in [3.8, 4) is 0 Å². The van der Waals surface area contributed by atoms with E-state index in [-0.39, 0.29) is 17.9 Å². The van der Waals surface area contributed by atoms with Crippen LogP contribution in [0.15, 0.2) is 6.33 Å². The average molecular weight is 279 g/mol. The number of nitrogens with two attached hydrogens (primary N) is 1. The van der Waals surface area contributed by atoms with Gasteiger partial charge in [-0.3, -0.25) is 0 Å². The number of aromatic nitrogens is 2. The lowest BCUT2D eigenvalue weighted by atomic mass is 9.87. The first-order chi connectivity index (χ1) is 9.62. The minimum Gasteiger partial charge on any atom is -0.396 e. The van der Waals surface area contributed by atoms with Crippen LogP contribution in [0.5, 0.6) is 0 Å². The second-order valence-electron chi connectivity index (χ2n) is 6.00. The van der Waals surface area contributed by atoms with Gasteiger partial charge in [0.1, 0.15) is 18.0 Å². The van der Waals surface area contributed by atoms with Gasteiger partial charge in [-0.25, -0.2) is 15.8 Å². The molecule has 6 heteroatoms. The molecule has 0 aliphatic heterocycles. The standard InChI is InChI=1S/C14H25N5O/c1-10(2)11-12(17-9-18-13(11)19-15)16-7-14(8-20)5-3-4-6-14/h9-10,20H,3-8,15H2,1-2H3,(H2,16,17,18,19). The molecule has 0 saturated heterocycles.